The average Bonchev–Trinajstić information content (AvgIpc) is 2.40. The van der Waals surface area contributed by atoms with Crippen LogP contribution in [0.2, 0.25) is 0 Å². The minimum atomic E-state index is 0.421. The van der Waals surface area contributed by atoms with Crippen LogP contribution in [0.1, 0.15) is 39.7 Å². The molecule has 19 heavy (non-hydrogen) atoms. The summed E-state index contributed by atoms with van der Waals surface area (Å²) in [5.41, 5.74) is 1.21. The van der Waals surface area contributed by atoms with Crippen LogP contribution in [-0.2, 0) is 6.42 Å². The van der Waals surface area contributed by atoms with Gasteiger partial charge >= 0.3 is 0 Å². The van der Waals surface area contributed by atoms with Crippen LogP contribution in [0.4, 0.5) is 11.6 Å². The van der Waals surface area contributed by atoms with Gasteiger partial charge in [0, 0.05) is 23.9 Å². The minimum absolute atomic E-state index is 0.421. The van der Waals surface area contributed by atoms with Gasteiger partial charge in [0.2, 0.25) is 0 Å². The minimum Gasteiger partial charge on any atom is -0.370 e. The van der Waals surface area contributed by atoms with Gasteiger partial charge in [-0.05, 0) is 26.0 Å². The average molecular weight is 282 g/mol. The summed E-state index contributed by atoms with van der Waals surface area (Å²) in [6.07, 6.45) is 3.73. The molecular formula is C14H26N4S. The van der Waals surface area contributed by atoms with Crippen LogP contribution in [-0.4, -0.2) is 34.1 Å². The number of hydrogen-bond acceptors (Lipinski definition) is 5. The van der Waals surface area contributed by atoms with Crippen molar-refractivity contribution in [2.24, 2.45) is 0 Å². The third-order valence-electron chi connectivity index (χ3n) is 2.74. The van der Waals surface area contributed by atoms with Crippen molar-refractivity contribution in [1.29, 1.82) is 0 Å². The Morgan fingerprint density at radius 1 is 1.21 bits per heavy atom. The maximum absolute atomic E-state index is 4.42. The second-order valence-electron chi connectivity index (χ2n) is 4.53. The summed E-state index contributed by atoms with van der Waals surface area (Å²) >= 11 is 1.95. The number of nitrogens with zero attached hydrogens (tertiary/aromatic N) is 2. The molecular weight excluding hydrogens is 256 g/mol. The Kier molecular flexibility index (Phi) is 7.63. The lowest BCUT2D eigenvalue weighted by molar-refractivity contribution is 0.862. The molecule has 0 aliphatic carbocycles. The zero-order valence-corrected chi connectivity index (χ0v) is 13.3. The van der Waals surface area contributed by atoms with E-state index >= 15 is 0 Å². The number of rotatable bonds is 9. The normalized spacial score (nSPS) is 12.2. The van der Waals surface area contributed by atoms with Gasteiger partial charge in [-0.2, -0.15) is 11.8 Å². The summed E-state index contributed by atoms with van der Waals surface area (Å²) in [5, 5.41) is 6.84. The molecule has 5 heteroatoms. The molecule has 4 nitrogen and oxygen atoms in total. The van der Waals surface area contributed by atoms with E-state index in [-0.39, 0.29) is 0 Å². The van der Waals surface area contributed by atoms with Crippen LogP contribution in [0, 0.1) is 0 Å². The van der Waals surface area contributed by atoms with E-state index in [1.54, 1.807) is 6.33 Å². The van der Waals surface area contributed by atoms with Crippen molar-refractivity contribution in [2.75, 3.05) is 28.7 Å². The number of hydrogen-bond donors (Lipinski definition) is 2. The second kappa shape index (κ2) is 9.02. The molecule has 108 valence electrons. The Morgan fingerprint density at radius 2 is 1.95 bits per heavy atom. The first-order valence-corrected chi connectivity index (χ1v) is 8.30. The Labute approximate surface area is 121 Å². The van der Waals surface area contributed by atoms with Crippen LogP contribution in [0.25, 0.3) is 0 Å². The summed E-state index contributed by atoms with van der Waals surface area (Å²) in [6, 6.07) is 0.421. The molecule has 1 aromatic rings. The van der Waals surface area contributed by atoms with Crippen molar-refractivity contribution in [3.05, 3.63) is 11.9 Å². The monoisotopic (exact) mass is 282 g/mol. The molecule has 0 saturated heterocycles. The Morgan fingerprint density at radius 3 is 2.58 bits per heavy atom. The predicted molar refractivity (Wildman–Crippen MR) is 86.3 cm³/mol. The molecule has 0 radical (unpaired) electrons. The van der Waals surface area contributed by atoms with E-state index in [9.17, 15) is 0 Å². The van der Waals surface area contributed by atoms with Gasteiger partial charge in [-0.1, -0.05) is 20.3 Å². The molecule has 1 heterocycles. The van der Waals surface area contributed by atoms with Gasteiger partial charge in [-0.15, -0.1) is 0 Å². The molecule has 0 aliphatic heterocycles. The topological polar surface area (TPSA) is 49.8 Å². The van der Waals surface area contributed by atoms with Crippen LogP contribution < -0.4 is 10.6 Å². The first-order valence-electron chi connectivity index (χ1n) is 7.14. The molecule has 1 atom stereocenters. The van der Waals surface area contributed by atoms with Gasteiger partial charge in [0.15, 0.2) is 0 Å². The SMILES string of the molecule is CCCc1c(NCC)ncnc1NC(C)CSCC. The van der Waals surface area contributed by atoms with E-state index in [2.05, 4.69) is 48.3 Å². The quantitative estimate of drug-likeness (QED) is 0.727. The van der Waals surface area contributed by atoms with Gasteiger partial charge in [0.05, 0.1) is 0 Å². The summed E-state index contributed by atoms with van der Waals surface area (Å²) in [4.78, 5) is 8.77. The molecule has 0 bridgehead atoms. The summed E-state index contributed by atoms with van der Waals surface area (Å²) in [7, 11) is 0. The molecule has 1 rings (SSSR count). The summed E-state index contributed by atoms with van der Waals surface area (Å²) < 4.78 is 0. The van der Waals surface area contributed by atoms with Crippen molar-refractivity contribution in [2.45, 2.75) is 46.6 Å². The zero-order valence-electron chi connectivity index (χ0n) is 12.5. The highest BCUT2D eigenvalue weighted by Crippen LogP contribution is 2.22. The van der Waals surface area contributed by atoms with Crippen LogP contribution in [0.3, 0.4) is 0 Å². The van der Waals surface area contributed by atoms with Crippen molar-refractivity contribution >= 4 is 23.4 Å². The third-order valence-corrected chi connectivity index (χ3v) is 3.89. The first kappa shape index (κ1) is 16.1. The molecule has 0 spiro atoms. The molecule has 0 saturated carbocycles. The molecule has 1 unspecified atom stereocenters. The van der Waals surface area contributed by atoms with E-state index in [1.807, 2.05) is 11.8 Å². The Bertz CT molecular complexity index is 370. The van der Waals surface area contributed by atoms with Gasteiger partial charge in [0.1, 0.15) is 18.0 Å². The molecule has 0 aliphatic rings. The summed E-state index contributed by atoms with van der Waals surface area (Å²) in [5.74, 6) is 4.21. The molecule has 1 aromatic heterocycles. The van der Waals surface area contributed by atoms with Crippen molar-refractivity contribution < 1.29 is 0 Å². The highest BCUT2D eigenvalue weighted by molar-refractivity contribution is 7.99. The van der Waals surface area contributed by atoms with Crippen molar-refractivity contribution in [3.63, 3.8) is 0 Å². The fourth-order valence-electron chi connectivity index (χ4n) is 1.91. The molecule has 0 amide bonds. The maximum Gasteiger partial charge on any atom is 0.134 e. The maximum atomic E-state index is 4.42. The lowest BCUT2D eigenvalue weighted by Gasteiger charge is -2.18. The van der Waals surface area contributed by atoms with Gasteiger partial charge < -0.3 is 10.6 Å². The van der Waals surface area contributed by atoms with Gasteiger partial charge in [-0.3, -0.25) is 0 Å². The largest absolute Gasteiger partial charge is 0.370 e. The van der Waals surface area contributed by atoms with E-state index in [4.69, 9.17) is 0 Å². The lowest BCUT2D eigenvalue weighted by Crippen LogP contribution is -2.21. The highest BCUT2D eigenvalue weighted by atomic mass is 32.2. The lowest BCUT2D eigenvalue weighted by atomic mass is 10.1. The predicted octanol–water partition coefficient (Wildman–Crippen LogP) is 3.41. The van der Waals surface area contributed by atoms with Crippen LogP contribution >= 0.6 is 11.8 Å². The number of anilines is 2. The fraction of sp³-hybridized carbons (Fsp3) is 0.714. The second-order valence-corrected chi connectivity index (χ2v) is 5.85. The van der Waals surface area contributed by atoms with Gasteiger partial charge in [0.25, 0.3) is 0 Å². The number of aromatic nitrogens is 2. The van der Waals surface area contributed by atoms with Crippen LogP contribution in [0.15, 0.2) is 6.33 Å². The Balaban J connectivity index is 2.82. The Hall–Kier alpha value is -0.970. The number of thioether (sulfide) groups is 1. The van der Waals surface area contributed by atoms with E-state index in [0.29, 0.717) is 6.04 Å². The fourth-order valence-corrected chi connectivity index (χ4v) is 2.59. The smallest absolute Gasteiger partial charge is 0.134 e. The van der Waals surface area contributed by atoms with E-state index < -0.39 is 0 Å². The molecule has 2 N–H and O–H groups in total. The third kappa shape index (κ3) is 5.27. The zero-order chi connectivity index (χ0) is 14.1. The van der Waals surface area contributed by atoms with Crippen molar-refractivity contribution in [1.82, 2.24) is 9.97 Å². The van der Waals surface area contributed by atoms with Gasteiger partial charge in [-0.25, -0.2) is 9.97 Å². The summed E-state index contributed by atoms with van der Waals surface area (Å²) in [6.45, 7) is 9.55. The van der Waals surface area contributed by atoms with E-state index in [1.165, 1.54) is 5.56 Å². The molecule has 0 fully saturated rings. The standard InChI is InChI=1S/C14H26N4S/c1-5-8-12-13(15-6-2)16-10-17-14(12)18-11(4)9-19-7-3/h10-11H,5-9H2,1-4H3,(H2,15,16,17,18). The first-order chi connectivity index (χ1) is 9.22. The van der Waals surface area contributed by atoms with E-state index in [0.717, 1.165) is 42.5 Å². The molecule has 0 aromatic carbocycles. The highest BCUT2D eigenvalue weighted by Gasteiger charge is 2.12. The van der Waals surface area contributed by atoms with Crippen molar-refractivity contribution in [3.8, 4) is 0 Å². The van der Waals surface area contributed by atoms with Crippen LogP contribution in [0.5, 0.6) is 0 Å². The number of nitrogens with one attached hydrogen (secondary N) is 2.